The maximum absolute atomic E-state index is 2.44. The lowest BCUT2D eigenvalue weighted by atomic mass is 9.73. The Balaban J connectivity index is 1.30. The number of aryl methyl sites for hydroxylation is 2. The van der Waals surface area contributed by atoms with E-state index < -0.39 is 0 Å². The smallest absolute Gasteiger partial charge is 0.0464 e. The van der Waals surface area contributed by atoms with Gasteiger partial charge in [0.2, 0.25) is 0 Å². The summed E-state index contributed by atoms with van der Waals surface area (Å²) >= 11 is 0. The molecule has 43 heavy (non-hydrogen) atoms. The van der Waals surface area contributed by atoms with Gasteiger partial charge in [0.15, 0.2) is 0 Å². The van der Waals surface area contributed by atoms with Crippen molar-refractivity contribution < 1.29 is 0 Å². The molecule has 2 heteroatoms. The predicted octanol–water partition coefficient (Wildman–Crippen LogP) is 11.2. The van der Waals surface area contributed by atoms with Crippen molar-refractivity contribution in [2.45, 2.75) is 39.5 Å². The van der Waals surface area contributed by atoms with Gasteiger partial charge in [-0.25, -0.2) is 0 Å². The molecule has 2 aliphatic carbocycles. The van der Waals surface area contributed by atoms with Crippen LogP contribution in [0.25, 0.3) is 5.57 Å². The SMILES string of the molecule is Cc1cccc(N(C2=CC=C3c4ccc(N(c5ccccc5)c5cccc(C)c5)cc4C(C)(C)C3C2)c2ccccc2)c1. The third kappa shape index (κ3) is 4.87. The number of hydrogen-bond acceptors (Lipinski definition) is 2. The molecular formula is C41H38N2. The average Bonchev–Trinajstić information content (AvgIpc) is 3.24. The van der Waals surface area contributed by atoms with Gasteiger partial charge in [0.05, 0.1) is 0 Å². The number of benzene rings is 5. The second-order valence-electron chi connectivity index (χ2n) is 12.5. The summed E-state index contributed by atoms with van der Waals surface area (Å²) in [5.41, 5.74) is 14.0. The Bertz CT molecular complexity index is 1850. The number of allylic oxidation sites excluding steroid dienone is 4. The summed E-state index contributed by atoms with van der Waals surface area (Å²) in [4.78, 5) is 4.83. The molecule has 0 aromatic heterocycles. The minimum atomic E-state index is -0.0272. The summed E-state index contributed by atoms with van der Waals surface area (Å²) < 4.78 is 0. The zero-order chi connectivity index (χ0) is 29.6. The normalized spacial score (nSPS) is 16.5. The molecule has 0 saturated heterocycles. The molecule has 5 aromatic carbocycles. The number of anilines is 5. The van der Waals surface area contributed by atoms with Crippen LogP contribution in [0.15, 0.2) is 145 Å². The van der Waals surface area contributed by atoms with Crippen molar-refractivity contribution in [3.63, 3.8) is 0 Å². The van der Waals surface area contributed by atoms with Gasteiger partial charge in [-0.05, 0) is 126 Å². The number of fused-ring (bicyclic) bond motifs is 3. The summed E-state index contributed by atoms with van der Waals surface area (Å²) in [5, 5.41) is 0. The van der Waals surface area contributed by atoms with Gasteiger partial charge in [-0.3, -0.25) is 0 Å². The molecule has 2 nitrogen and oxygen atoms in total. The fraction of sp³-hybridized carbons (Fsp3) is 0.171. The number of rotatable bonds is 6. The Morgan fingerprint density at radius 2 is 1.07 bits per heavy atom. The van der Waals surface area contributed by atoms with Crippen LogP contribution in [0.4, 0.5) is 28.4 Å². The standard InChI is InChI=1S/C41H38N2/c1-29-13-11-19-33(25-29)42(31-15-7-5-8-16-31)35-21-23-37-38-24-22-36(28-40(38)41(3,4)39(37)27-35)43(32-17-9-6-10-18-32)34-20-12-14-30(2)26-34/h5-27,40H,28H2,1-4H3. The lowest BCUT2D eigenvalue weighted by Crippen LogP contribution is -2.29. The second kappa shape index (κ2) is 10.8. The molecule has 0 N–H and O–H groups in total. The number of hydrogen-bond donors (Lipinski definition) is 0. The lowest BCUT2D eigenvalue weighted by molar-refractivity contribution is 0.406. The van der Waals surface area contributed by atoms with Gasteiger partial charge in [-0.2, -0.15) is 0 Å². The second-order valence-corrected chi connectivity index (χ2v) is 12.5. The Morgan fingerprint density at radius 3 is 1.67 bits per heavy atom. The van der Waals surface area contributed by atoms with Gasteiger partial charge in [0, 0.05) is 34.1 Å². The van der Waals surface area contributed by atoms with Crippen LogP contribution < -0.4 is 9.80 Å². The van der Waals surface area contributed by atoms with E-state index in [9.17, 15) is 0 Å². The molecule has 1 unspecified atom stereocenters. The van der Waals surface area contributed by atoms with Crippen LogP contribution in [0, 0.1) is 19.8 Å². The van der Waals surface area contributed by atoms with Crippen molar-refractivity contribution in [1.82, 2.24) is 0 Å². The fourth-order valence-corrected chi connectivity index (χ4v) is 7.04. The minimum absolute atomic E-state index is 0.0272. The highest BCUT2D eigenvalue weighted by Gasteiger charge is 2.45. The van der Waals surface area contributed by atoms with Gasteiger partial charge < -0.3 is 9.80 Å². The van der Waals surface area contributed by atoms with E-state index in [4.69, 9.17) is 0 Å². The topological polar surface area (TPSA) is 6.48 Å². The third-order valence-corrected chi connectivity index (χ3v) is 9.22. The summed E-state index contributed by atoms with van der Waals surface area (Å²) in [6.45, 7) is 9.20. The molecule has 212 valence electrons. The molecule has 0 radical (unpaired) electrons. The Hall–Kier alpha value is -4.82. The minimum Gasteiger partial charge on any atom is -0.314 e. The molecule has 0 spiro atoms. The van der Waals surface area contributed by atoms with Crippen LogP contribution >= 0.6 is 0 Å². The van der Waals surface area contributed by atoms with Crippen molar-refractivity contribution in [3.8, 4) is 0 Å². The van der Waals surface area contributed by atoms with Gasteiger partial charge in [0.1, 0.15) is 0 Å². The van der Waals surface area contributed by atoms with E-state index in [1.165, 1.54) is 62.0 Å². The van der Waals surface area contributed by atoms with Gasteiger partial charge >= 0.3 is 0 Å². The van der Waals surface area contributed by atoms with Crippen molar-refractivity contribution in [2.24, 2.45) is 5.92 Å². The summed E-state index contributed by atoms with van der Waals surface area (Å²) in [6, 6.07) is 46.2. The maximum atomic E-state index is 2.44. The quantitative estimate of drug-likeness (QED) is 0.204. The predicted molar refractivity (Wildman–Crippen MR) is 183 cm³/mol. The van der Waals surface area contributed by atoms with Gasteiger partial charge in [-0.15, -0.1) is 0 Å². The van der Waals surface area contributed by atoms with Crippen LogP contribution in [-0.4, -0.2) is 0 Å². The maximum Gasteiger partial charge on any atom is 0.0464 e. The first-order valence-electron chi connectivity index (χ1n) is 15.3. The fourth-order valence-electron chi connectivity index (χ4n) is 7.04. The molecule has 7 rings (SSSR count). The number of nitrogens with zero attached hydrogens (tertiary/aromatic N) is 2. The van der Waals surface area contributed by atoms with E-state index in [-0.39, 0.29) is 5.41 Å². The Labute approximate surface area is 256 Å². The summed E-state index contributed by atoms with van der Waals surface area (Å²) in [6.07, 6.45) is 5.72. The summed E-state index contributed by atoms with van der Waals surface area (Å²) in [5.74, 6) is 0.387. The lowest BCUT2D eigenvalue weighted by Gasteiger charge is -2.36. The van der Waals surface area contributed by atoms with E-state index in [0.717, 1.165) is 6.42 Å². The van der Waals surface area contributed by atoms with Crippen molar-refractivity contribution in [1.29, 1.82) is 0 Å². The van der Waals surface area contributed by atoms with E-state index in [1.54, 1.807) is 0 Å². The van der Waals surface area contributed by atoms with Gasteiger partial charge in [0.25, 0.3) is 0 Å². The monoisotopic (exact) mass is 558 g/mol. The molecule has 2 aliphatic rings. The highest BCUT2D eigenvalue weighted by Crippen LogP contribution is 2.56. The van der Waals surface area contributed by atoms with E-state index in [2.05, 4.69) is 177 Å². The molecule has 0 heterocycles. The van der Waals surface area contributed by atoms with E-state index >= 15 is 0 Å². The van der Waals surface area contributed by atoms with E-state index in [0.29, 0.717) is 5.92 Å². The molecule has 0 saturated carbocycles. The van der Waals surface area contributed by atoms with Crippen LogP contribution in [0.1, 0.15) is 42.5 Å². The van der Waals surface area contributed by atoms with Crippen molar-refractivity contribution in [3.05, 3.63) is 167 Å². The Kier molecular flexibility index (Phi) is 6.78. The molecule has 0 aliphatic heterocycles. The zero-order valence-corrected chi connectivity index (χ0v) is 25.5. The molecule has 0 bridgehead atoms. The first kappa shape index (κ1) is 27.0. The number of para-hydroxylation sites is 2. The molecule has 0 fully saturated rings. The van der Waals surface area contributed by atoms with Crippen LogP contribution in [0.5, 0.6) is 0 Å². The van der Waals surface area contributed by atoms with Crippen LogP contribution in [-0.2, 0) is 5.41 Å². The van der Waals surface area contributed by atoms with Crippen molar-refractivity contribution in [2.75, 3.05) is 9.80 Å². The largest absolute Gasteiger partial charge is 0.314 e. The first-order chi connectivity index (χ1) is 20.9. The first-order valence-corrected chi connectivity index (χ1v) is 15.3. The Morgan fingerprint density at radius 1 is 0.535 bits per heavy atom. The van der Waals surface area contributed by atoms with E-state index in [1.807, 2.05) is 0 Å². The highest BCUT2D eigenvalue weighted by molar-refractivity contribution is 5.85. The van der Waals surface area contributed by atoms with Crippen LogP contribution in [0.2, 0.25) is 0 Å². The molecule has 5 aromatic rings. The van der Waals surface area contributed by atoms with Crippen molar-refractivity contribution >= 4 is 34.0 Å². The molecule has 1 atom stereocenters. The van der Waals surface area contributed by atoms with Crippen LogP contribution in [0.3, 0.4) is 0 Å². The zero-order valence-electron chi connectivity index (χ0n) is 25.5. The molecule has 0 amide bonds. The summed E-state index contributed by atoms with van der Waals surface area (Å²) in [7, 11) is 0. The highest BCUT2D eigenvalue weighted by atomic mass is 15.2. The third-order valence-electron chi connectivity index (χ3n) is 9.22. The van der Waals surface area contributed by atoms with Gasteiger partial charge in [-0.1, -0.05) is 86.7 Å². The molecular weight excluding hydrogens is 520 g/mol. The average molecular weight is 559 g/mol.